The first-order valence-corrected chi connectivity index (χ1v) is 7.57. The van der Waals surface area contributed by atoms with E-state index in [2.05, 4.69) is 64.1 Å². The second kappa shape index (κ2) is 7.22. The Balaban J connectivity index is 2.02. The van der Waals surface area contributed by atoms with Crippen LogP contribution in [-0.4, -0.2) is 16.3 Å². The molecule has 5 heteroatoms. The van der Waals surface area contributed by atoms with Crippen LogP contribution in [0.1, 0.15) is 11.1 Å². The van der Waals surface area contributed by atoms with Gasteiger partial charge in [-0.05, 0) is 34.8 Å². The van der Waals surface area contributed by atoms with Crippen molar-refractivity contribution in [1.82, 2.24) is 9.78 Å². The van der Waals surface area contributed by atoms with E-state index in [0.29, 0.717) is 16.7 Å². The van der Waals surface area contributed by atoms with Gasteiger partial charge in [-0.25, -0.2) is 4.68 Å². The molecule has 110 valence electrons. The second-order valence-electron chi connectivity index (χ2n) is 4.81. The number of benzene rings is 1. The number of halogens is 1. The first-order valence-electron chi connectivity index (χ1n) is 6.77. The zero-order chi connectivity index (χ0) is 15.2. The molecule has 0 amide bonds. The van der Waals surface area contributed by atoms with Gasteiger partial charge in [-0.3, -0.25) is 4.79 Å². The van der Waals surface area contributed by atoms with Gasteiger partial charge < -0.3 is 5.32 Å². The van der Waals surface area contributed by atoms with Gasteiger partial charge in [0.2, 0.25) is 0 Å². The van der Waals surface area contributed by atoms with Crippen molar-refractivity contribution in [2.75, 3.05) is 11.9 Å². The van der Waals surface area contributed by atoms with E-state index in [1.54, 1.807) is 12.3 Å². The molecule has 0 saturated carbocycles. The summed E-state index contributed by atoms with van der Waals surface area (Å²) in [6.07, 6.45) is 4.20. The average molecular weight is 348 g/mol. The number of nitrogens with one attached hydrogen (secondary N) is 1. The van der Waals surface area contributed by atoms with Gasteiger partial charge in [0.15, 0.2) is 0 Å². The first-order chi connectivity index (χ1) is 10.1. The lowest BCUT2D eigenvalue weighted by Crippen LogP contribution is -2.24. The van der Waals surface area contributed by atoms with E-state index in [4.69, 9.17) is 0 Å². The molecular weight excluding hydrogens is 330 g/mol. The van der Waals surface area contributed by atoms with Crippen molar-refractivity contribution in [1.29, 1.82) is 0 Å². The molecule has 0 bridgehead atoms. The Morgan fingerprint density at radius 3 is 3.00 bits per heavy atom. The van der Waals surface area contributed by atoms with Crippen LogP contribution in [0.5, 0.6) is 0 Å². The SMILES string of the molecule is C=CCn1ncc(NCCc2cccc(C)c2)c(Br)c1=O. The fraction of sp³-hybridized carbons (Fsp3) is 0.250. The second-order valence-corrected chi connectivity index (χ2v) is 5.61. The zero-order valence-corrected chi connectivity index (χ0v) is 13.6. The topological polar surface area (TPSA) is 46.9 Å². The molecule has 0 saturated heterocycles. The van der Waals surface area contributed by atoms with Crippen LogP contribution in [0.3, 0.4) is 0 Å². The molecule has 4 nitrogen and oxygen atoms in total. The molecule has 1 N–H and O–H groups in total. The molecule has 1 aromatic heterocycles. The average Bonchev–Trinajstić information content (AvgIpc) is 2.47. The summed E-state index contributed by atoms with van der Waals surface area (Å²) in [7, 11) is 0. The summed E-state index contributed by atoms with van der Waals surface area (Å²) in [5, 5.41) is 7.35. The van der Waals surface area contributed by atoms with Gasteiger partial charge in [0.25, 0.3) is 5.56 Å². The van der Waals surface area contributed by atoms with Crippen LogP contribution in [0.25, 0.3) is 0 Å². The first kappa shape index (κ1) is 15.5. The lowest BCUT2D eigenvalue weighted by molar-refractivity contribution is 0.649. The van der Waals surface area contributed by atoms with Crippen LogP contribution in [-0.2, 0) is 13.0 Å². The highest BCUT2D eigenvalue weighted by Crippen LogP contribution is 2.16. The maximum absolute atomic E-state index is 12.0. The maximum atomic E-state index is 12.0. The number of allylic oxidation sites excluding steroid dienone is 1. The van der Waals surface area contributed by atoms with Crippen molar-refractivity contribution in [3.05, 3.63) is 69.1 Å². The Kier molecular flexibility index (Phi) is 5.33. The number of aromatic nitrogens is 2. The van der Waals surface area contributed by atoms with Crippen molar-refractivity contribution < 1.29 is 0 Å². The number of hydrogen-bond acceptors (Lipinski definition) is 3. The van der Waals surface area contributed by atoms with Gasteiger partial charge >= 0.3 is 0 Å². The molecular formula is C16H18BrN3O. The van der Waals surface area contributed by atoms with Crippen molar-refractivity contribution in [2.45, 2.75) is 19.9 Å². The van der Waals surface area contributed by atoms with Gasteiger partial charge in [0.1, 0.15) is 4.47 Å². The molecule has 0 aliphatic rings. The molecule has 0 unspecified atom stereocenters. The van der Waals surface area contributed by atoms with Gasteiger partial charge in [-0.15, -0.1) is 6.58 Å². The molecule has 1 aromatic carbocycles. The standard InChI is InChI=1S/C16H18BrN3O/c1-3-9-20-16(21)15(17)14(11-19-20)18-8-7-13-6-4-5-12(2)10-13/h3-6,10-11,18H,1,7-9H2,2H3. The smallest absolute Gasteiger partial charge is 0.283 e. The predicted molar refractivity (Wildman–Crippen MR) is 89.8 cm³/mol. The van der Waals surface area contributed by atoms with Crippen LogP contribution in [0.4, 0.5) is 5.69 Å². The predicted octanol–water partition coefficient (Wildman–Crippen LogP) is 3.15. The van der Waals surface area contributed by atoms with E-state index in [9.17, 15) is 4.79 Å². The van der Waals surface area contributed by atoms with E-state index < -0.39 is 0 Å². The van der Waals surface area contributed by atoms with Gasteiger partial charge in [0, 0.05) is 6.54 Å². The molecule has 0 aliphatic carbocycles. The minimum atomic E-state index is -0.157. The van der Waals surface area contributed by atoms with E-state index >= 15 is 0 Å². The molecule has 0 spiro atoms. The van der Waals surface area contributed by atoms with E-state index in [1.165, 1.54) is 15.8 Å². The summed E-state index contributed by atoms with van der Waals surface area (Å²) in [6.45, 7) is 6.84. The van der Waals surface area contributed by atoms with Gasteiger partial charge in [-0.1, -0.05) is 35.9 Å². The summed E-state index contributed by atoms with van der Waals surface area (Å²) in [6, 6.07) is 8.40. The normalized spacial score (nSPS) is 10.4. The highest BCUT2D eigenvalue weighted by Gasteiger charge is 2.07. The third-order valence-corrected chi connectivity index (χ3v) is 3.86. The Bertz CT molecular complexity index is 694. The van der Waals surface area contributed by atoms with Crippen LogP contribution < -0.4 is 10.9 Å². The van der Waals surface area contributed by atoms with Crippen molar-refractivity contribution >= 4 is 21.6 Å². The minimum Gasteiger partial charge on any atom is -0.382 e. The molecule has 0 atom stereocenters. The summed E-state index contributed by atoms with van der Waals surface area (Å²) >= 11 is 3.33. The van der Waals surface area contributed by atoms with E-state index in [1.807, 2.05) is 0 Å². The van der Waals surface area contributed by atoms with E-state index in [0.717, 1.165) is 13.0 Å². The third kappa shape index (κ3) is 4.04. The van der Waals surface area contributed by atoms with E-state index in [-0.39, 0.29) is 5.56 Å². The molecule has 1 heterocycles. The quantitative estimate of drug-likeness (QED) is 0.816. The summed E-state index contributed by atoms with van der Waals surface area (Å²) in [4.78, 5) is 12.0. The fourth-order valence-corrected chi connectivity index (χ4v) is 2.50. The highest BCUT2D eigenvalue weighted by molar-refractivity contribution is 9.10. The molecule has 0 fully saturated rings. The lowest BCUT2D eigenvalue weighted by Gasteiger charge is -2.10. The van der Waals surface area contributed by atoms with Crippen molar-refractivity contribution in [2.24, 2.45) is 0 Å². The monoisotopic (exact) mass is 347 g/mol. The van der Waals surface area contributed by atoms with Crippen LogP contribution >= 0.6 is 15.9 Å². The minimum absolute atomic E-state index is 0.157. The molecule has 2 rings (SSSR count). The summed E-state index contributed by atoms with van der Waals surface area (Å²) in [5.74, 6) is 0. The Hall–Kier alpha value is -1.88. The third-order valence-electron chi connectivity index (χ3n) is 3.10. The number of rotatable bonds is 6. The molecule has 0 radical (unpaired) electrons. The molecule has 21 heavy (non-hydrogen) atoms. The molecule has 2 aromatic rings. The summed E-state index contributed by atoms with van der Waals surface area (Å²) in [5.41, 5.74) is 3.08. The Morgan fingerprint density at radius 2 is 2.29 bits per heavy atom. The highest BCUT2D eigenvalue weighted by atomic mass is 79.9. The number of hydrogen-bond donors (Lipinski definition) is 1. The molecule has 0 aliphatic heterocycles. The van der Waals surface area contributed by atoms with Crippen LogP contribution in [0, 0.1) is 6.92 Å². The number of aryl methyl sites for hydroxylation is 1. The van der Waals surface area contributed by atoms with Crippen LogP contribution in [0.2, 0.25) is 0 Å². The number of anilines is 1. The summed E-state index contributed by atoms with van der Waals surface area (Å²) < 4.78 is 1.87. The lowest BCUT2D eigenvalue weighted by atomic mass is 10.1. The fourth-order valence-electron chi connectivity index (χ4n) is 2.05. The van der Waals surface area contributed by atoms with Gasteiger partial charge in [-0.2, -0.15) is 5.10 Å². The largest absolute Gasteiger partial charge is 0.382 e. The maximum Gasteiger partial charge on any atom is 0.283 e. The van der Waals surface area contributed by atoms with Crippen molar-refractivity contribution in [3.8, 4) is 0 Å². The zero-order valence-electron chi connectivity index (χ0n) is 12.0. The number of nitrogens with zero attached hydrogens (tertiary/aromatic N) is 2. The van der Waals surface area contributed by atoms with Gasteiger partial charge in [0.05, 0.1) is 18.4 Å². The Labute approximate surface area is 132 Å². The Morgan fingerprint density at radius 1 is 1.48 bits per heavy atom. The van der Waals surface area contributed by atoms with Crippen LogP contribution in [0.15, 0.2) is 52.4 Å². The van der Waals surface area contributed by atoms with Crippen molar-refractivity contribution in [3.63, 3.8) is 0 Å².